The second kappa shape index (κ2) is 5.39. The predicted molar refractivity (Wildman–Crippen MR) is 70.1 cm³/mol. The normalized spacial score (nSPS) is 10.2. The van der Waals surface area contributed by atoms with Crippen LogP contribution in [0.4, 0.5) is 10.1 Å². The Labute approximate surface area is 109 Å². The molecule has 0 aliphatic carbocycles. The molecule has 2 aromatic carbocycles. The average Bonchev–Trinajstić information content (AvgIpc) is 2.38. The predicted octanol–water partition coefficient (Wildman–Crippen LogP) is 2.04. The van der Waals surface area contributed by atoms with Gasteiger partial charge < -0.3 is 16.2 Å². The van der Waals surface area contributed by atoms with Gasteiger partial charge in [0.15, 0.2) is 0 Å². The number of benzene rings is 2. The Balaban J connectivity index is 2.07. The zero-order valence-electron chi connectivity index (χ0n) is 10.1. The van der Waals surface area contributed by atoms with Crippen LogP contribution >= 0.6 is 0 Å². The molecule has 0 unspecified atom stereocenters. The Bertz CT molecular complexity index is 577. The molecule has 0 aromatic heterocycles. The van der Waals surface area contributed by atoms with Gasteiger partial charge in [-0.3, -0.25) is 4.79 Å². The Morgan fingerprint density at radius 3 is 2.53 bits per heavy atom. The molecule has 2 rings (SSSR count). The van der Waals surface area contributed by atoms with Gasteiger partial charge >= 0.3 is 0 Å². The first-order valence-corrected chi connectivity index (χ1v) is 5.68. The molecule has 0 radical (unpaired) electrons. The largest absolute Gasteiger partial charge is 0.507 e. The summed E-state index contributed by atoms with van der Waals surface area (Å²) in [5.74, 6) is -1.79. The molecule has 1 amide bonds. The molecule has 4 N–H and O–H groups in total. The van der Waals surface area contributed by atoms with E-state index in [1.165, 1.54) is 12.1 Å². The van der Waals surface area contributed by atoms with Crippen LogP contribution in [0.3, 0.4) is 0 Å². The minimum atomic E-state index is -0.755. The van der Waals surface area contributed by atoms with Crippen LogP contribution in [0.5, 0.6) is 5.75 Å². The number of carbonyl (C=O) groups excluding carboxylic acids is 1. The molecule has 0 fully saturated rings. The molecule has 4 nitrogen and oxygen atoms in total. The maximum absolute atomic E-state index is 13.4. The highest BCUT2D eigenvalue weighted by molar-refractivity contribution is 5.97. The van der Waals surface area contributed by atoms with Crippen molar-refractivity contribution in [3.8, 4) is 5.75 Å². The zero-order chi connectivity index (χ0) is 13.8. The van der Waals surface area contributed by atoms with Crippen molar-refractivity contribution in [3.63, 3.8) is 0 Å². The van der Waals surface area contributed by atoms with Crippen molar-refractivity contribution in [3.05, 3.63) is 59.4 Å². The summed E-state index contributed by atoms with van der Waals surface area (Å²) in [7, 11) is 0. The quantitative estimate of drug-likeness (QED) is 0.739. The molecule has 0 aliphatic rings. The molecule has 98 valence electrons. The van der Waals surface area contributed by atoms with Gasteiger partial charge in [-0.25, -0.2) is 4.39 Å². The molecule has 0 saturated heterocycles. The number of carbonyl (C=O) groups is 1. The lowest BCUT2D eigenvalue weighted by molar-refractivity contribution is 0.0944. The molecule has 0 atom stereocenters. The number of halogens is 1. The number of nitrogen functional groups attached to an aromatic ring is 1. The fourth-order valence-electron chi connectivity index (χ4n) is 1.64. The van der Waals surface area contributed by atoms with Gasteiger partial charge in [-0.1, -0.05) is 18.2 Å². The lowest BCUT2D eigenvalue weighted by atomic mass is 10.1. The number of anilines is 1. The highest BCUT2D eigenvalue weighted by Crippen LogP contribution is 2.19. The fraction of sp³-hybridized carbons (Fsp3) is 0.0714. The third-order valence-electron chi connectivity index (χ3n) is 2.65. The summed E-state index contributed by atoms with van der Waals surface area (Å²) in [5, 5.41) is 12.0. The number of aromatic hydroxyl groups is 1. The number of phenols is 1. The number of nitrogens with one attached hydrogen (secondary N) is 1. The van der Waals surface area contributed by atoms with E-state index >= 15 is 0 Å². The van der Waals surface area contributed by atoms with E-state index in [4.69, 9.17) is 5.73 Å². The Morgan fingerprint density at radius 2 is 1.89 bits per heavy atom. The molecule has 0 saturated carbocycles. The molecule has 19 heavy (non-hydrogen) atoms. The van der Waals surface area contributed by atoms with E-state index in [0.717, 1.165) is 11.6 Å². The summed E-state index contributed by atoms with van der Waals surface area (Å²) >= 11 is 0. The Morgan fingerprint density at radius 1 is 1.21 bits per heavy atom. The molecule has 0 spiro atoms. The summed E-state index contributed by atoms with van der Waals surface area (Å²) in [6, 6.07) is 10.7. The van der Waals surface area contributed by atoms with E-state index in [1.54, 1.807) is 24.3 Å². The second-order valence-electron chi connectivity index (χ2n) is 4.06. The topological polar surface area (TPSA) is 75.3 Å². The third-order valence-corrected chi connectivity index (χ3v) is 2.65. The van der Waals surface area contributed by atoms with Crippen LogP contribution in [0.2, 0.25) is 0 Å². The molecule has 5 heteroatoms. The van der Waals surface area contributed by atoms with Gasteiger partial charge in [0, 0.05) is 12.2 Å². The van der Waals surface area contributed by atoms with Crippen LogP contribution < -0.4 is 11.1 Å². The van der Waals surface area contributed by atoms with Gasteiger partial charge in [0.05, 0.1) is 0 Å². The minimum absolute atomic E-state index is 0.229. The molecule has 0 aliphatic heterocycles. The zero-order valence-corrected chi connectivity index (χ0v) is 10.1. The van der Waals surface area contributed by atoms with E-state index in [9.17, 15) is 14.3 Å². The molecule has 0 heterocycles. The van der Waals surface area contributed by atoms with Gasteiger partial charge in [-0.05, 0) is 29.8 Å². The number of rotatable bonds is 3. The Kier molecular flexibility index (Phi) is 3.66. The minimum Gasteiger partial charge on any atom is -0.507 e. The first kappa shape index (κ1) is 12.9. The summed E-state index contributed by atoms with van der Waals surface area (Å²) in [4.78, 5) is 11.8. The number of hydrogen-bond donors (Lipinski definition) is 3. The highest BCUT2D eigenvalue weighted by Gasteiger charge is 2.15. The first-order valence-electron chi connectivity index (χ1n) is 5.68. The number of nitrogens with two attached hydrogens (primary N) is 1. The number of amides is 1. The van der Waals surface area contributed by atoms with E-state index in [1.807, 2.05) is 0 Å². The van der Waals surface area contributed by atoms with Gasteiger partial charge in [0.1, 0.15) is 17.1 Å². The van der Waals surface area contributed by atoms with Crippen molar-refractivity contribution in [2.45, 2.75) is 6.54 Å². The summed E-state index contributed by atoms with van der Waals surface area (Å²) in [6.45, 7) is 0.229. The molecule has 0 bridgehead atoms. The van der Waals surface area contributed by atoms with E-state index in [2.05, 4.69) is 5.32 Å². The van der Waals surface area contributed by atoms with Crippen LogP contribution in [0.25, 0.3) is 0 Å². The van der Waals surface area contributed by atoms with E-state index in [0.29, 0.717) is 5.69 Å². The van der Waals surface area contributed by atoms with Crippen molar-refractivity contribution in [1.82, 2.24) is 5.32 Å². The van der Waals surface area contributed by atoms with Gasteiger partial charge in [-0.15, -0.1) is 0 Å². The van der Waals surface area contributed by atoms with Crippen LogP contribution in [0, 0.1) is 5.82 Å². The van der Waals surface area contributed by atoms with Crippen molar-refractivity contribution in [2.24, 2.45) is 0 Å². The fourth-order valence-corrected chi connectivity index (χ4v) is 1.64. The highest BCUT2D eigenvalue weighted by atomic mass is 19.1. The summed E-state index contributed by atoms with van der Waals surface area (Å²) < 4.78 is 13.4. The third kappa shape index (κ3) is 3.01. The van der Waals surface area contributed by atoms with Crippen molar-refractivity contribution < 1.29 is 14.3 Å². The number of phenolic OH excluding ortho intramolecular Hbond substituents is 1. The van der Waals surface area contributed by atoms with Crippen LogP contribution in [-0.4, -0.2) is 11.0 Å². The summed E-state index contributed by atoms with van der Waals surface area (Å²) in [5.41, 5.74) is 6.65. The average molecular weight is 260 g/mol. The Hall–Kier alpha value is -2.56. The van der Waals surface area contributed by atoms with Gasteiger partial charge in [-0.2, -0.15) is 0 Å². The molecule has 2 aromatic rings. The van der Waals surface area contributed by atoms with Crippen LogP contribution in [-0.2, 0) is 6.54 Å². The first-order chi connectivity index (χ1) is 9.08. The van der Waals surface area contributed by atoms with Crippen LogP contribution in [0.1, 0.15) is 15.9 Å². The van der Waals surface area contributed by atoms with Crippen LogP contribution in [0.15, 0.2) is 42.5 Å². The van der Waals surface area contributed by atoms with Gasteiger partial charge in [0.25, 0.3) is 5.91 Å². The monoisotopic (exact) mass is 260 g/mol. The lowest BCUT2D eigenvalue weighted by Crippen LogP contribution is -2.23. The number of hydrogen-bond acceptors (Lipinski definition) is 3. The standard InChI is InChI=1S/C14H13FN2O2/c15-11-2-1-3-12(18)13(11)14(19)17-8-9-4-6-10(16)7-5-9/h1-7,18H,8,16H2,(H,17,19). The summed E-state index contributed by atoms with van der Waals surface area (Å²) in [6.07, 6.45) is 0. The van der Waals surface area contributed by atoms with E-state index < -0.39 is 11.7 Å². The van der Waals surface area contributed by atoms with Crippen molar-refractivity contribution in [1.29, 1.82) is 0 Å². The van der Waals surface area contributed by atoms with Crippen molar-refractivity contribution in [2.75, 3.05) is 5.73 Å². The van der Waals surface area contributed by atoms with E-state index in [-0.39, 0.29) is 17.9 Å². The smallest absolute Gasteiger partial charge is 0.258 e. The maximum atomic E-state index is 13.4. The molecular weight excluding hydrogens is 247 g/mol. The van der Waals surface area contributed by atoms with Gasteiger partial charge in [0.2, 0.25) is 0 Å². The van der Waals surface area contributed by atoms with Crippen molar-refractivity contribution >= 4 is 11.6 Å². The lowest BCUT2D eigenvalue weighted by Gasteiger charge is -2.08. The SMILES string of the molecule is Nc1ccc(CNC(=O)c2c(O)cccc2F)cc1. The second-order valence-corrected chi connectivity index (χ2v) is 4.06. The molecular formula is C14H13FN2O2. The maximum Gasteiger partial charge on any atom is 0.258 e.